The molecule has 1 amide bonds. The minimum Gasteiger partial charge on any atom is -0.484 e. The van der Waals surface area contributed by atoms with Crippen molar-refractivity contribution in [3.8, 4) is 5.75 Å². The van der Waals surface area contributed by atoms with Gasteiger partial charge < -0.3 is 14.5 Å². The summed E-state index contributed by atoms with van der Waals surface area (Å²) < 4.78 is 43.1. The standard InChI is InChI=1S/C21H23F3N2O2/c1-25(14-16-6-2-3-7-19(16)26-12-4-5-13-26)20(27)15-28-18-10-8-17(9-11-18)21(22,23)24/h2-3,6-11H,4-5,12-15H2,1H3. The van der Waals surface area contributed by atoms with Crippen LogP contribution in [0.5, 0.6) is 5.75 Å². The van der Waals surface area contributed by atoms with Gasteiger partial charge in [0.05, 0.1) is 5.56 Å². The molecule has 7 heteroatoms. The fraction of sp³-hybridized carbons (Fsp3) is 0.381. The van der Waals surface area contributed by atoms with Gasteiger partial charge in [0, 0.05) is 32.4 Å². The Morgan fingerprint density at radius 1 is 1.07 bits per heavy atom. The lowest BCUT2D eigenvalue weighted by Crippen LogP contribution is -2.31. The Hall–Kier alpha value is -2.70. The molecule has 0 saturated carbocycles. The SMILES string of the molecule is CN(Cc1ccccc1N1CCCC1)C(=O)COc1ccc(C(F)(F)F)cc1. The lowest BCUT2D eigenvalue weighted by Gasteiger charge is -2.24. The number of carbonyl (C=O) groups is 1. The van der Waals surface area contributed by atoms with Crippen molar-refractivity contribution in [3.63, 3.8) is 0 Å². The summed E-state index contributed by atoms with van der Waals surface area (Å²) >= 11 is 0. The summed E-state index contributed by atoms with van der Waals surface area (Å²) in [5, 5.41) is 0. The molecule has 0 N–H and O–H groups in total. The van der Waals surface area contributed by atoms with Crippen LogP contribution in [-0.4, -0.2) is 37.6 Å². The number of para-hydroxylation sites is 1. The Balaban J connectivity index is 1.57. The van der Waals surface area contributed by atoms with Crippen LogP contribution in [0.3, 0.4) is 0 Å². The summed E-state index contributed by atoms with van der Waals surface area (Å²) in [6.07, 6.45) is -2.05. The number of rotatable bonds is 6. The van der Waals surface area contributed by atoms with Gasteiger partial charge in [-0.3, -0.25) is 4.79 Å². The molecule has 1 saturated heterocycles. The van der Waals surface area contributed by atoms with Crippen molar-refractivity contribution in [2.24, 2.45) is 0 Å². The molecule has 150 valence electrons. The molecule has 0 unspecified atom stereocenters. The van der Waals surface area contributed by atoms with Crippen LogP contribution in [0.25, 0.3) is 0 Å². The maximum Gasteiger partial charge on any atom is 0.416 e. The van der Waals surface area contributed by atoms with E-state index >= 15 is 0 Å². The molecular formula is C21H23F3N2O2. The van der Waals surface area contributed by atoms with E-state index in [1.165, 1.54) is 25.0 Å². The van der Waals surface area contributed by atoms with Gasteiger partial charge in [-0.15, -0.1) is 0 Å². The van der Waals surface area contributed by atoms with Crippen molar-refractivity contribution >= 4 is 11.6 Å². The molecule has 0 bridgehead atoms. The Morgan fingerprint density at radius 3 is 2.36 bits per heavy atom. The van der Waals surface area contributed by atoms with Crippen LogP contribution in [-0.2, 0) is 17.5 Å². The summed E-state index contributed by atoms with van der Waals surface area (Å²) in [6.45, 7) is 2.26. The molecule has 1 heterocycles. The molecule has 1 aliphatic rings. The van der Waals surface area contributed by atoms with Crippen molar-refractivity contribution in [2.75, 3.05) is 31.6 Å². The Labute approximate surface area is 162 Å². The third-order valence-electron chi connectivity index (χ3n) is 4.82. The van der Waals surface area contributed by atoms with E-state index in [-0.39, 0.29) is 18.3 Å². The molecule has 28 heavy (non-hydrogen) atoms. The van der Waals surface area contributed by atoms with Crippen molar-refractivity contribution in [3.05, 3.63) is 59.7 Å². The van der Waals surface area contributed by atoms with Gasteiger partial charge in [-0.2, -0.15) is 13.2 Å². The second kappa shape index (κ2) is 8.54. The van der Waals surface area contributed by atoms with Crippen molar-refractivity contribution < 1.29 is 22.7 Å². The molecule has 0 aliphatic carbocycles. The van der Waals surface area contributed by atoms with Crippen LogP contribution >= 0.6 is 0 Å². The molecular weight excluding hydrogens is 369 g/mol. The molecule has 0 radical (unpaired) electrons. The number of nitrogens with zero attached hydrogens (tertiary/aromatic N) is 2. The Kier molecular flexibility index (Phi) is 6.11. The number of alkyl halides is 3. The first-order valence-electron chi connectivity index (χ1n) is 9.21. The number of amides is 1. The number of benzene rings is 2. The maximum absolute atomic E-state index is 12.6. The quantitative estimate of drug-likeness (QED) is 0.733. The van der Waals surface area contributed by atoms with E-state index in [1.807, 2.05) is 18.2 Å². The van der Waals surface area contributed by atoms with E-state index in [9.17, 15) is 18.0 Å². The zero-order valence-electron chi connectivity index (χ0n) is 15.7. The number of halogens is 3. The third kappa shape index (κ3) is 4.97. The summed E-state index contributed by atoms with van der Waals surface area (Å²) in [5.41, 5.74) is 1.46. The number of ether oxygens (including phenoxy) is 1. The van der Waals surface area contributed by atoms with Crippen LogP contribution in [0.1, 0.15) is 24.0 Å². The molecule has 1 aliphatic heterocycles. The minimum absolute atomic E-state index is 0.228. The van der Waals surface area contributed by atoms with Gasteiger partial charge in [-0.05, 0) is 48.7 Å². The first-order valence-corrected chi connectivity index (χ1v) is 9.21. The fourth-order valence-corrected chi connectivity index (χ4v) is 3.25. The molecule has 0 atom stereocenters. The normalized spacial score (nSPS) is 14.2. The largest absolute Gasteiger partial charge is 0.484 e. The van der Waals surface area contributed by atoms with E-state index in [0.29, 0.717) is 6.54 Å². The zero-order valence-corrected chi connectivity index (χ0v) is 15.7. The van der Waals surface area contributed by atoms with Crippen LogP contribution < -0.4 is 9.64 Å². The average Bonchev–Trinajstić information content (AvgIpc) is 3.20. The van der Waals surface area contributed by atoms with Gasteiger partial charge in [0.2, 0.25) is 0 Å². The average molecular weight is 392 g/mol. The smallest absolute Gasteiger partial charge is 0.416 e. The lowest BCUT2D eigenvalue weighted by molar-refractivity contribution is -0.137. The predicted octanol–water partition coefficient (Wildman–Crippen LogP) is 4.34. The van der Waals surface area contributed by atoms with Gasteiger partial charge in [-0.25, -0.2) is 0 Å². The second-order valence-electron chi connectivity index (χ2n) is 6.88. The highest BCUT2D eigenvalue weighted by Gasteiger charge is 2.30. The number of carbonyl (C=O) groups excluding carboxylic acids is 1. The molecule has 2 aromatic rings. The molecule has 3 rings (SSSR count). The first-order chi connectivity index (χ1) is 13.3. The third-order valence-corrected chi connectivity index (χ3v) is 4.82. The van der Waals surface area contributed by atoms with Crippen LogP contribution in [0, 0.1) is 0 Å². The zero-order chi connectivity index (χ0) is 20.1. The van der Waals surface area contributed by atoms with Gasteiger partial charge in [0.15, 0.2) is 6.61 Å². The highest BCUT2D eigenvalue weighted by molar-refractivity contribution is 5.77. The van der Waals surface area contributed by atoms with Gasteiger partial charge in [-0.1, -0.05) is 18.2 Å². The molecule has 2 aromatic carbocycles. The topological polar surface area (TPSA) is 32.8 Å². The van der Waals surface area contributed by atoms with Crippen LogP contribution in [0.4, 0.5) is 18.9 Å². The van der Waals surface area contributed by atoms with E-state index in [4.69, 9.17) is 4.74 Å². The minimum atomic E-state index is -4.39. The highest BCUT2D eigenvalue weighted by atomic mass is 19.4. The molecule has 0 spiro atoms. The molecule has 4 nitrogen and oxygen atoms in total. The summed E-state index contributed by atoms with van der Waals surface area (Å²) in [4.78, 5) is 16.3. The van der Waals surface area contributed by atoms with E-state index in [0.717, 1.165) is 36.5 Å². The number of likely N-dealkylation sites (N-methyl/N-ethyl adjacent to an activating group) is 1. The van der Waals surface area contributed by atoms with E-state index in [1.54, 1.807) is 11.9 Å². The lowest BCUT2D eigenvalue weighted by atomic mass is 10.1. The van der Waals surface area contributed by atoms with Gasteiger partial charge >= 0.3 is 6.18 Å². The number of hydrogen-bond donors (Lipinski definition) is 0. The maximum atomic E-state index is 12.6. The van der Waals surface area contributed by atoms with Crippen molar-refractivity contribution in [2.45, 2.75) is 25.6 Å². The summed E-state index contributed by atoms with van der Waals surface area (Å²) in [5.74, 6) is -0.0108. The predicted molar refractivity (Wildman–Crippen MR) is 101 cm³/mol. The highest BCUT2D eigenvalue weighted by Crippen LogP contribution is 2.30. The first kappa shape index (κ1) is 20.0. The van der Waals surface area contributed by atoms with Gasteiger partial charge in [0.25, 0.3) is 5.91 Å². The summed E-state index contributed by atoms with van der Waals surface area (Å²) in [6, 6.07) is 12.3. The van der Waals surface area contributed by atoms with E-state index < -0.39 is 11.7 Å². The molecule has 1 fully saturated rings. The van der Waals surface area contributed by atoms with E-state index in [2.05, 4.69) is 11.0 Å². The molecule has 0 aromatic heterocycles. The summed E-state index contributed by atoms with van der Waals surface area (Å²) in [7, 11) is 1.69. The van der Waals surface area contributed by atoms with Crippen molar-refractivity contribution in [1.82, 2.24) is 4.90 Å². The monoisotopic (exact) mass is 392 g/mol. The van der Waals surface area contributed by atoms with Crippen LogP contribution in [0.15, 0.2) is 48.5 Å². The van der Waals surface area contributed by atoms with Gasteiger partial charge in [0.1, 0.15) is 5.75 Å². The van der Waals surface area contributed by atoms with Crippen molar-refractivity contribution in [1.29, 1.82) is 0 Å². The second-order valence-corrected chi connectivity index (χ2v) is 6.88. The van der Waals surface area contributed by atoms with Crippen LogP contribution in [0.2, 0.25) is 0 Å². The Bertz CT molecular complexity index is 800. The number of hydrogen-bond acceptors (Lipinski definition) is 3. The Morgan fingerprint density at radius 2 is 1.71 bits per heavy atom. The number of anilines is 1. The fourth-order valence-electron chi connectivity index (χ4n) is 3.25.